The average Bonchev–Trinajstić information content (AvgIpc) is 2.90. The van der Waals surface area contributed by atoms with Gasteiger partial charge in [0.2, 0.25) is 5.91 Å². The smallest absolute Gasteiger partial charge is 0.224 e. The molecule has 3 atom stereocenters. The zero-order valence-corrected chi connectivity index (χ0v) is 11.8. The highest BCUT2D eigenvalue weighted by Gasteiger charge is 2.46. The number of amides is 1. The SMILES string of the molecule is CC(=O)[C@@H](NC(=O)[C@@H]1CC1C(C)C)C(C)(C)C. The van der Waals surface area contributed by atoms with E-state index in [0.717, 1.165) is 6.42 Å². The Kier molecular flexibility index (Phi) is 4.00. The first-order valence-corrected chi connectivity index (χ1v) is 6.45. The Labute approximate surface area is 104 Å². The molecule has 17 heavy (non-hydrogen) atoms. The maximum Gasteiger partial charge on any atom is 0.224 e. The van der Waals surface area contributed by atoms with Crippen LogP contribution < -0.4 is 5.32 Å². The van der Waals surface area contributed by atoms with Gasteiger partial charge >= 0.3 is 0 Å². The summed E-state index contributed by atoms with van der Waals surface area (Å²) in [7, 11) is 0. The fraction of sp³-hybridized carbons (Fsp3) is 0.857. The van der Waals surface area contributed by atoms with E-state index < -0.39 is 0 Å². The highest BCUT2D eigenvalue weighted by Crippen LogP contribution is 2.44. The molecule has 0 aromatic rings. The topological polar surface area (TPSA) is 46.2 Å². The fourth-order valence-corrected chi connectivity index (χ4v) is 2.43. The van der Waals surface area contributed by atoms with Gasteiger partial charge in [-0.3, -0.25) is 9.59 Å². The lowest BCUT2D eigenvalue weighted by Gasteiger charge is -2.29. The van der Waals surface area contributed by atoms with Gasteiger partial charge in [-0.05, 0) is 30.6 Å². The van der Waals surface area contributed by atoms with E-state index >= 15 is 0 Å². The van der Waals surface area contributed by atoms with Gasteiger partial charge in [-0.25, -0.2) is 0 Å². The van der Waals surface area contributed by atoms with E-state index in [9.17, 15) is 9.59 Å². The van der Waals surface area contributed by atoms with Gasteiger partial charge in [-0.1, -0.05) is 34.6 Å². The molecular formula is C14H25NO2. The van der Waals surface area contributed by atoms with Crippen LogP contribution in [0.3, 0.4) is 0 Å². The maximum atomic E-state index is 12.0. The number of hydrogen-bond donors (Lipinski definition) is 1. The second-order valence-corrected chi connectivity index (χ2v) is 6.67. The highest BCUT2D eigenvalue weighted by atomic mass is 16.2. The second-order valence-electron chi connectivity index (χ2n) is 6.67. The molecular weight excluding hydrogens is 214 g/mol. The van der Waals surface area contributed by atoms with Crippen LogP contribution >= 0.6 is 0 Å². The standard InChI is InChI=1S/C14H25NO2/c1-8(2)10-7-11(10)13(17)15-12(9(3)16)14(4,5)6/h8,10-12H,7H2,1-6H3,(H,15,17)/t10?,11-,12-/m1/s1. The van der Waals surface area contributed by atoms with Crippen molar-refractivity contribution in [1.82, 2.24) is 5.32 Å². The van der Waals surface area contributed by atoms with Gasteiger partial charge in [0.25, 0.3) is 0 Å². The molecule has 0 aromatic heterocycles. The van der Waals surface area contributed by atoms with Crippen molar-refractivity contribution >= 4 is 11.7 Å². The van der Waals surface area contributed by atoms with Crippen LogP contribution in [0.5, 0.6) is 0 Å². The molecule has 1 saturated carbocycles. The zero-order valence-electron chi connectivity index (χ0n) is 11.8. The molecule has 3 heteroatoms. The van der Waals surface area contributed by atoms with Crippen LogP contribution in [0.15, 0.2) is 0 Å². The minimum Gasteiger partial charge on any atom is -0.346 e. The predicted octanol–water partition coefficient (Wildman–Crippen LogP) is 2.40. The summed E-state index contributed by atoms with van der Waals surface area (Å²) in [5.41, 5.74) is -0.219. The molecule has 1 amide bonds. The largest absolute Gasteiger partial charge is 0.346 e. The van der Waals surface area contributed by atoms with Gasteiger partial charge in [0.1, 0.15) is 0 Å². The third-order valence-electron chi connectivity index (χ3n) is 3.59. The Balaban J connectivity index is 2.59. The number of carbonyl (C=O) groups excluding carboxylic acids is 2. The Morgan fingerprint density at radius 3 is 2.06 bits per heavy atom. The number of Topliss-reactive ketones (excluding diaryl/α,β-unsaturated/α-hetero) is 1. The van der Waals surface area contributed by atoms with Crippen molar-refractivity contribution in [3.63, 3.8) is 0 Å². The lowest BCUT2D eigenvalue weighted by molar-refractivity contribution is -0.130. The summed E-state index contributed by atoms with van der Waals surface area (Å²) in [4.78, 5) is 23.6. The molecule has 1 unspecified atom stereocenters. The van der Waals surface area contributed by atoms with Crippen molar-refractivity contribution < 1.29 is 9.59 Å². The van der Waals surface area contributed by atoms with Crippen molar-refractivity contribution in [1.29, 1.82) is 0 Å². The van der Waals surface area contributed by atoms with Crippen LogP contribution in [-0.2, 0) is 9.59 Å². The fourth-order valence-electron chi connectivity index (χ4n) is 2.43. The Morgan fingerprint density at radius 1 is 1.24 bits per heavy atom. The van der Waals surface area contributed by atoms with E-state index in [4.69, 9.17) is 0 Å². The molecule has 0 saturated heterocycles. The van der Waals surface area contributed by atoms with Crippen LogP contribution in [-0.4, -0.2) is 17.7 Å². The summed E-state index contributed by atoms with van der Waals surface area (Å²) >= 11 is 0. The van der Waals surface area contributed by atoms with Crippen LogP contribution in [0.2, 0.25) is 0 Å². The molecule has 0 bridgehead atoms. The third-order valence-corrected chi connectivity index (χ3v) is 3.59. The van der Waals surface area contributed by atoms with Crippen LogP contribution in [0, 0.1) is 23.2 Å². The monoisotopic (exact) mass is 239 g/mol. The van der Waals surface area contributed by atoms with Gasteiger partial charge in [-0.2, -0.15) is 0 Å². The molecule has 0 aromatic carbocycles. The summed E-state index contributed by atoms with van der Waals surface area (Å²) in [5.74, 6) is 1.27. The van der Waals surface area contributed by atoms with Crippen LogP contribution in [0.1, 0.15) is 48.0 Å². The zero-order chi connectivity index (χ0) is 13.4. The van der Waals surface area contributed by atoms with Crippen molar-refractivity contribution in [3.05, 3.63) is 0 Å². The number of hydrogen-bond acceptors (Lipinski definition) is 2. The lowest BCUT2D eigenvalue weighted by atomic mass is 9.84. The van der Waals surface area contributed by atoms with E-state index in [1.54, 1.807) is 6.92 Å². The van der Waals surface area contributed by atoms with Crippen LogP contribution in [0.4, 0.5) is 0 Å². The molecule has 1 N–H and O–H groups in total. The molecule has 98 valence electrons. The van der Waals surface area contributed by atoms with Crippen molar-refractivity contribution in [2.45, 2.75) is 54.0 Å². The minimum atomic E-state index is -0.372. The van der Waals surface area contributed by atoms with Gasteiger partial charge in [0, 0.05) is 5.92 Å². The van der Waals surface area contributed by atoms with E-state index in [1.165, 1.54) is 0 Å². The average molecular weight is 239 g/mol. The second kappa shape index (κ2) is 4.79. The summed E-state index contributed by atoms with van der Waals surface area (Å²) in [6.45, 7) is 11.8. The molecule has 0 heterocycles. The number of nitrogens with one attached hydrogen (secondary N) is 1. The normalized spacial score (nSPS) is 25.6. The molecule has 1 aliphatic rings. The summed E-state index contributed by atoms with van der Waals surface area (Å²) in [6, 6.07) is -0.372. The predicted molar refractivity (Wildman–Crippen MR) is 68.5 cm³/mol. The first kappa shape index (κ1) is 14.2. The maximum absolute atomic E-state index is 12.0. The molecule has 3 nitrogen and oxygen atoms in total. The molecule has 1 rings (SSSR count). The van der Waals surface area contributed by atoms with Gasteiger partial charge < -0.3 is 5.32 Å². The number of carbonyl (C=O) groups is 2. The summed E-state index contributed by atoms with van der Waals surface area (Å²) in [5, 5.41) is 2.91. The van der Waals surface area contributed by atoms with E-state index in [-0.39, 0.29) is 29.1 Å². The third kappa shape index (κ3) is 3.55. The van der Waals surface area contributed by atoms with E-state index in [0.29, 0.717) is 11.8 Å². The van der Waals surface area contributed by atoms with Crippen molar-refractivity contribution in [2.24, 2.45) is 23.2 Å². The van der Waals surface area contributed by atoms with Gasteiger partial charge in [0.05, 0.1) is 6.04 Å². The number of ketones is 1. The van der Waals surface area contributed by atoms with E-state index in [2.05, 4.69) is 19.2 Å². The summed E-state index contributed by atoms with van der Waals surface area (Å²) < 4.78 is 0. The van der Waals surface area contributed by atoms with Gasteiger partial charge in [0.15, 0.2) is 5.78 Å². The first-order chi connectivity index (χ1) is 7.64. The van der Waals surface area contributed by atoms with Crippen molar-refractivity contribution in [2.75, 3.05) is 0 Å². The Morgan fingerprint density at radius 2 is 1.76 bits per heavy atom. The van der Waals surface area contributed by atoms with E-state index in [1.807, 2.05) is 20.8 Å². The molecule has 0 radical (unpaired) electrons. The van der Waals surface area contributed by atoms with Crippen LogP contribution in [0.25, 0.3) is 0 Å². The Hall–Kier alpha value is -0.860. The lowest BCUT2D eigenvalue weighted by Crippen LogP contribution is -2.48. The number of rotatable bonds is 4. The minimum absolute atomic E-state index is 0.0348. The molecule has 0 spiro atoms. The molecule has 1 aliphatic carbocycles. The summed E-state index contributed by atoms with van der Waals surface area (Å²) in [6.07, 6.45) is 0.971. The quantitative estimate of drug-likeness (QED) is 0.819. The Bertz CT molecular complexity index is 315. The molecule has 0 aliphatic heterocycles. The molecule has 1 fully saturated rings. The highest BCUT2D eigenvalue weighted by molar-refractivity contribution is 5.90. The van der Waals surface area contributed by atoms with Crippen molar-refractivity contribution in [3.8, 4) is 0 Å². The van der Waals surface area contributed by atoms with Gasteiger partial charge in [-0.15, -0.1) is 0 Å². The first-order valence-electron chi connectivity index (χ1n) is 6.45.